The zero-order valence-electron chi connectivity index (χ0n) is 8.20. The third-order valence-corrected chi connectivity index (χ3v) is 2.56. The van der Waals surface area contributed by atoms with Crippen LogP contribution < -0.4 is 0 Å². The normalized spacial score (nSPS) is 16.1. The van der Waals surface area contributed by atoms with Crippen molar-refractivity contribution in [3.63, 3.8) is 0 Å². The average molecular weight is 267 g/mol. The van der Waals surface area contributed by atoms with Crippen LogP contribution >= 0.6 is 15.9 Å². The molecule has 1 heterocycles. The smallest absolute Gasteiger partial charge is 0.184 e. The van der Waals surface area contributed by atoms with Gasteiger partial charge in [-0.05, 0) is 10.4 Å². The van der Waals surface area contributed by atoms with Crippen molar-refractivity contribution >= 4 is 15.9 Å². The SMILES string of the molecule is BrC#CCc1ccccc1C1OCCO1. The maximum absolute atomic E-state index is 5.48. The van der Waals surface area contributed by atoms with E-state index in [0.29, 0.717) is 19.6 Å². The fourth-order valence-corrected chi connectivity index (χ4v) is 1.73. The predicted octanol–water partition coefficient (Wildman–Crippen LogP) is 2.63. The minimum atomic E-state index is -0.210. The van der Waals surface area contributed by atoms with Gasteiger partial charge in [0.25, 0.3) is 0 Å². The highest BCUT2D eigenvalue weighted by Crippen LogP contribution is 2.26. The van der Waals surface area contributed by atoms with Gasteiger partial charge in [0.2, 0.25) is 0 Å². The van der Waals surface area contributed by atoms with Gasteiger partial charge in [0.1, 0.15) is 0 Å². The molecule has 0 saturated carbocycles. The topological polar surface area (TPSA) is 18.5 Å². The summed E-state index contributed by atoms with van der Waals surface area (Å²) in [6, 6.07) is 8.08. The third kappa shape index (κ3) is 2.60. The zero-order chi connectivity index (χ0) is 10.5. The first-order valence-corrected chi connectivity index (χ1v) is 5.60. The van der Waals surface area contributed by atoms with E-state index in [0.717, 1.165) is 11.1 Å². The van der Waals surface area contributed by atoms with Gasteiger partial charge in [-0.2, -0.15) is 0 Å². The van der Waals surface area contributed by atoms with Crippen molar-refractivity contribution in [1.29, 1.82) is 0 Å². The summed E-state index contributed by atoms with van der Waals surface area (Å²) >= 11 is 3.09. The quantitative estimate of drug-likeness (QED) is 0.767. The van der Waals surface area contributed by atoms with E-state index >= 15 is 0 Å². The molecule has 0 atom stereocenters. The van der Waals surface area contributed by atoms with Crippen LogP contribution in [0.5, 0.6) is 0 Å². The van der Waals surface area contributed by atoms with E-state index in [1.807, 2.05) is 18.2 Å². The molecule has 78 valence electrons. The zero-order valence-corrected chi connectivity index (χ0v) is 9.79. The van der Waals surface area contributed by atoms with Crippen LogP contribution in [-0.4, -0.2) is 13.2 Å². The van der Waals surface area contributed by atoms with Gasteiger partial charge in [0.05, 0.1) is 13.2 Å². The van der Waals surface area contributed by atoms with Crippen molar-refractivity contribution < 1.29 is 9.47 Å². The molecule has 1 aliphatic heterocycles. The molecule has 0 aliphatic carbocycles. The molecule has 15 heavy (non-hydrogen) atoms. The Morgan fingerprint density at radius 1 is 1.27 bits per heavy atom. The van der Waals surface area contributed by atoms with Gasteiger partial charge in [-0.25, -0.2) is 0 Å². The minimum absolute atomic E-state index is 0.210. The van der Waals surface area contributed by atoms with Crippen LogP contribution in [0.2, 0.25) is 0 Å². The first kappa shape index (κ1) is 10.7. The molecule has 1 fully saturated rings. The molecule has 0 amide bonds. The first-order chi connectivity index (χ1) is 7.42. The van der Waals surface area contributed by atoms with Crippen molar-refractivity contribution in [3.05, 3.63) is 35.4 Å². The number of ether oxygens (including phenoxy) is 2. The lowest BCUT2D eigenvalue weighted by Gasteiger charge is -2.12. The predicted molar refractivity (Wildman–Crippen MR) is 61.5 cm³/mol. The Kier molecular flexibility index (Phi) is 3.79. The highest BCUT2D eigenvalue weighted by atomic mass is 79.9. The Balaban J connectivity index is 2.22. The van der Waals surface area contributed by atoms with E-state index in [4.69, 9.17) is 9.47 Å². The summed E-state index contributed by atoms with van der Waals surface area (Å²) in [6.45, 7) is 1.34. The largest absolute Gasteiger partial charge is 0.346 e. The second kappa shape index (κ2) is 5.32. The molecule has 2 rings (SSSR count). The van der Waals surface area contributed by atoms with E-state index < -0.39 is 0 Å². The molecule has 3 heteroatoms. The van der Waals surface area contributed by atoms with E-state index in [1.165, 1.54) is 0 Å². The molecule has 1 aliphatic rings. The van der Waals surface area contributed by atoms with E-state index in [2.05, 4.69) is 32.7 Å². The molecule has 0 spiro atoms. The van der Waals surface area contributed by atoms with E-state index in [-0.39, 0.29) is 6.29 Å². The first-order valence-electron chi connectivity index (χ1n) is 4.81. The molecule has 0 radical (unpaired) electrons. The van der Waals surface area contributed by atoms with Crippen LogP contribution in [0.15, 0.2) is 24.3 Å². The van der Waals surface area contributed by atoms with Gasteiger partial charge < -0.3 is 9.47 Å². The van der Waals surface area contributed by atoms with Gasteiger partial charge >= 0.3 is 0 Å². The van der Waals surface area contributed by atoms with Crippen LogP contribution in [0.1, 0.15) is 17.4 Å². The molecule has 0 N–H and O–H groups in total. The Morgan fingerprint density at radius 2 is 2.00 bits per heavy atom. The maximum atomic E-state index is 5.48. The minimum Gasteiger partial charge on any atom is -0.346 e. The summed E-state index contributed by atoms with van der Waals surface area (Å²) in [5, 5.41) is 0. The Hall–Kier alpha value is -0.820. The molecule has 0 bridgehead atoms. The van der Waals surface area contributed by atoms with Gasteiger partial charge in [0, 0.05) is 27.9 Å². The van der Waals surface area contributed by atoms with Gasteiger partial charge in [0.15, 0.2) is 6.29 Å². The molecule has 1 aromatic rings. The average Bonchev–Trinajstić information content (AvgIpc) is 2.80. The number of benzene rings is 1. The van der Waals surface area contributed by atoms with E-state index in [9.17, 15) is 0 Å². The summed E-state index contributed by atoms with van der Waals surface area (Å²) in [5.41, 5.74) is 2.25. The molecular formula is C12H11BrO2. The number of hydrogen-bond acceptors (Lipinski definition) is 2. The van der Waals surface area contributed by atoms with Crippen LogP contribution in [0.4, 0.5) is 0 Å². The lowest BCUT2D eigenvalue weighted by Crippen LogP contribution is -2.02. The monoisotopic (exact) mass is 266 g/mol. The van der Waals surface area contributed by atoms with Gasteiger partial charge in [-0.15, -0.1) is 0 Å². The summed E-state index contributed by atoms with van der Waals surface area (Å²) in [6.07, 6.45) is 0.503. The number of halogens is 1. The third-order valence-electron chi connectivity index (χ3n) is 2.28. The van der Waals surface area contributed by atoms with Crippen molar-refractivity contribution in [3.8, 4) is 10.8 Å². The molecule has 0 unspecified atom stereocenters. The second-order valence-corrected chi connectivity index (χ2v) is 3.62. The van der Waals surface area contributed by atoms with Crippen molar-refractivity contribution in [1.82, 2.24) is 0 Å². The summed E-state index contributed by atoms with van der Waals surface area (Å²) in [7, 11) is 0. The summed E-state index contributed by atoms with van der Waals surface area (Å²) in [5.74, 6) is 2.98. The second-order valence-electron chi connectivity index (χ2n) is 3.22. The van der Waals surface area contributed by atoms with Crippen molar-refractivity contribution in [2.24, 2.45) is 0 Å². The lowest BCUT2D eigenvalue weighted by molar-refractivity contribution is -0.0446. The lowest BCUT2D eigenvalue weighted by atomic mass is 10.0. The van der Waals surface area contributed by atoms with Crippen molar-refractivity contribution in [2.45, 2.75) is 12.7 Å². The molecular weight excluding hydrogens is 256 g/mol. The van der Waals surface area contributed by atoms with Crippen LogP contribution in [0, 0.1) is 10.8 Å². The summed E-state index contributed by atoms with van der Waals surface area (Å²) in [4.78, 5) is 2.71. The standard InChI is InChI=1S/C12H11BrO2/c13-7-3-5-10-4-1-2-6-11(10)12-14-8-9-15-12/h1-2,4,6,12H,5,8-9H2. The Labute approximate surface area is 97.7 Å². The number of hydrogen-bond donors (Lipinski definition) is 0. The van der Waals surface area contributed by atoms with Gasteiger partial charge in [-0.3, -0.25) is 0 Å². The number of rotatable bonds is 2. The van der Waals surface area contributed by atoms with Crippen LogP contribution in [-0.2, 0) is 15.9 Å². The molecule has 0 aromatic heterocycles. The highest BCUT2D eigenvalue weighted by Gasteiger charge is 2.20. The fourth-order valence-electron chi connectivity index (χ4n) is 1.59. The van der Waals surface area contributed by atoms with E-state index in [1.54, 1.807) is 0 Å². The van der Waals surface area contributed by atoms with Crippen molar-refractivity contribution in [2.75, 3.05) is 13.2 Å². The van der Waals surface area contributed by atoms with Gasteiger partial charge in [-0.1, -0.05) is 30.2 Å². The highest BCUT2D eigenvalue weighted by molar-refractivity contribution is 9.12. The van der Waals surface area contributed by atoms with Crippen LogP contribution in [0.3, 0.4) is 0 Å². The fraction of sp³-hybridized carbons (Fsp3) is 0.333. The summed E-state index contributed by atoms with van der Waals surface area (Å²) < 4.78 is 11.0. The molecule has 1 saturated heterocycles. The molecule has 1 aromatic carbocycles. The maximum Gasteiger partial charge on any atom is 0.184 e. The van der Waals surface area contributed by atoms with Crippen LogP contribution in [0.25, 0.3) is 0 Å². The Bertz CT molecular complexity index is 386. The molecule has 2 nitrogen and oxygen atoms in total. The Morgan fingerprint density at radius 3 is 2.73 bits per heavy atom.